The molecule has 0 aromatic heterocycles. The van der Waals surface area contributed by atoms with Gasteiger partial charge in [0.15, 0.2) is 0 Å². The van der Waals surface area contributed by atoms with Gasteiger partial charge < -0.3 is 10.2 Å². The van der Waals surface area contributed by atoms with E-state index < -0.39 is 6.29 Å². The number of hydrogen-bond acceptors (Lipinski definition) is 2. The van der Waals surface area contributed by atoms with Gasteiger partial charge in [0, 0.05) is 6.42 Å². The zero-order valence-electron chi connectivity index (χ0n) is 7.01. The first-order chi connectivity index (χ1) is 5.27. The minimum absolute atomic E-state index is 0.775. The van der Waals surface area contributed by atoms with E-state index in [1.807, 2.05) is 0 Å². The van der Waals surface area contributed by atoms with Crippen LogP contribution in [0.25, 0.3) is 0 Å². The largest absolute Gasteiger partial charge is 0.358 e. The average molecular weight is 156 g/mol. The third-order valence-electron chi connectivity index (χ3n) is 1.39. The Morgan fingerprint density at radius 2 is 1.91 bits per heavy atom. The van der Waals surface area contributed by atoms with E-state index in [0.717, 1.165) is 12.8 Å². The van der Waals surface area contributed by atoms with E-state index in [1.165, 1.54) is 19.3 Å². The molecule has 0 unspecified atom stereocenters. The molecular formula is C9H16O2. The average Bonchev–Trinajstić information content (AvgIpc) is 1.96. The van der Waals surface area contributed by atoms with Crippen molar-refractivity contribution < 1.29 is 10.2 Å². The normalized spacial score (nSPS) is 9.45. The predicted molar refractivity (Wildman–Crippen MR) is 44.8 cm³/mol. The lowest BCUT2D eigenvalue weighted by Gasteiger charge is -1.92. The Morgan fingerprint density at radius 1 is 1.18 bits per heavy atom. The molecule has 0 amide bonds. The molecule has 2 nitrogen and oxygen atoms in total. The van der Waals surface area contributed by atoms with Crippen LogP contribution in [-0.4, -0.2) is 16.5 Å². The summed E-state index contributed by atoms with van der Waals surface area (Å²) in [4.78, 5) is 0. The lowest BCUT2D eigenvalue weighted by atomic mass is 10.2. The van der Waals surface area contributed by atoms with Gasteiger partial charge in [-0.05, 0) is 12.3 Å². The van der Waals surface area contributed by atoms with Gasteiger partial charge in [0.25, 0.3) is 0 Å². The van der Waals surface area contributed by atoms with Crippen molar-refractivity contribution in [1.82, 2.24) is 0 Å². The minimum Gasteiger partial charge on any atom is -0.358 e. The molecule has 0 atom stereocenters. The van der Waals surface area contributed by atoms with Crippen molar-refractivity contribution in [3.05, 3.63) is 0 Å². The highest BCUT2D eigenvalue weighted by molar-refractivity contribution is 5.00. The first kappa shape index (κ1) is 10.5. The Kier molecular flexibility index (Phi) is 7.23. The summed E-state index contributed by atoms with van der Waals surface area (Å²) in [6, 6.07) is 0. The lowest BCUT2D eigenvalue weighted by molar-refractivity contribution is 0.0107. The monoisotopic (exact) mass is 156 g/mol. The zero-order chi connectivity index (χ0) is 8.53. The molecule has 0 fully saturated rings. The Balaban J connectivity index is 3.09. The summed E-state index contributed by atoms with van der Waals surface area (Å²) in [5.74, 6) is 4.98. The Bertz CT molecular complexity index is 130. The molecular weight excluding hydrogens is 140 g/mol. The van der Waals surface area contributed by atoms with Gasteiger partial charge in [-0.2, -0.15) is 0 Å². The first-order valence-corrected chi connectivity index (χ1v) is 4.12. The van der Waals surface area contributed by atoms with Crippen LogP contribution >= 0.6 is 0 Å². The van der Waals surface area contributed by atoms with Gasteiger partial charge in [0.1, 0.15) is 0 Å². The molecule has 0 aromatic rings. The maximum Gasteiger partial charge on any atom is 0.217 e. The van der Waals surface area contributed by atoms with Crippen LogP contribution in [0.2, 0.25) is 0 Å². The molecule has 0 spiro atoms. The van der Waals surface area contributed by atoms with Crippen molar-refractivity contribution in [1.29, 1.82) is 0 Å². The van der Waals surface area contributed by atoms with E-state index in [9.17, 15) is 0 Å². The fraction of sp³-hybridized carbons (Fsp3) is 0.778. The van der Waals surface area contributed by atoms with E-state index in [4.69, 9.17) is 10.2 Å². The van der Waals surface area contributed by atoms with Crippen LogP contribution in [0.4, 0.5) is 0 Å². The maximum atomic E-state index is 8.34. The summed E-state index contributed by atoms with van der Waals surface area (Å²) in [7, 11) is 0. The lowest BCUT2D eigenvalue weighted by Crippen LogP contribution is -1.97. The highest BCUT2D eigenvalue weighted by atomic mass is 16.5. The zero-order valence-corrected chi connectivity index (χ0v) is 7.01. The van der Waals surface area contributed by atoms with Gasteiger partial charge in [-0.3, -0.25) is 0 Å². The summed E-state index contributed by atoms with van der Waals surface area (Å²) in [6.45, 7) is 2.16. The molecule has 0 saturated heterocycles. The molecule has 0 aliphatic rings. The van der Waals surface area contributed by atoms with Crippen LogP contribution in [0.5, 0.6) is 0 Å². The number of aliphatic hydroxyl groups excluding tert-OH is 1. The Hall–Kier alpha value is -0.520. The van der Waals surface area contributed by atoms with Crippen LogP contribution < -0.4 is 0 Å². The van der Waals surface area contributed by atoms with E-state index in [0.29, 0.717) is 0 Å². The van der Waals surface area contributed by atoms with Crippen molar-refractivity contribution in [3.63, 3.8) is 0 Å². The number of hydrogen-bond donors (Lipinski definition) is 2. The number of aliphatic hydroxyl groups is 2. The summed E-state index contributed by atoms with van der Waals surface area (Å²) >= 11 is 0. The second kappa shape index (κ2) is 7.59. The van der Waals surface area contributed by atoms with E-state index in [-0.39, 0.29) is 0 Å². The van der Waals surface area contributed by atoms with Crippen LogP contribution in [-0.2, 0) is 0 Å². The van der Waals surface area contributed by atoms with Crippen molar-refractivity contribution in [3.8, 4) is 11.8 Å². The fourth-order valence-corrected chi connectivity index (χ4v) is 0.804. The summed E-state index contributed by atoms with van der Waals surface area (Å²) in [5, 5.41) is 16.7. The molecule has 0 saturated carbocycles. The summed E-state index contributed by atoms with van der Waals surface area (Å²) in [5.41, 5.74) is 0. The van der Waals surface area contributed by atoms with Crippen molar-refractivity contribution in [2.75, 3.05) is 0 Å². The molecule has 11 heavy (non-hydrogen) atoms. The minimum atomic E-state index is -1.46. The van der Waals surface area contributed by atoms with Crippen LogP contribution in [0.15, 0.2) is 0 Å². The van der Waals surface area contributed by atoms with Crippen molar-refractivity contribution in [2.45, 2.75) is 45.3 Å². The molecule has 0 radical (unpaired) electrons. The molecule has 0 aliphatic heterocycles. The van der Waals surface area contributed by atoms with Gasteiger partial charge in [0.05, 0.1) is 0 Å². The Morgan fingerprint density at radius 3 is 2.45 bits per heavy atom. The third-order valence-corrected chi connectivity index (χ3v) is 1.39. The molecule has 2 heteroatoms. The molecule has 2 N–H and O–H groups in total. The maximum absolute atomic E-state index is 8.34. The first-order valence-electron chi connectivity index (χ1n) is 4.12. The summed E-state index contributed by atoms with van der Waals surface area (Å²) in [6.07, 6.45) is 4.03. The fourth-order valence-electron chi connectivity index (χ4n) is 0.804. The predicted octanol–water partition coefficient (Wildman–Crippen LogP) is 1.27. The van der Waals surface area contributed by atoms with Crippen LogP contribution in [0.3, 0.4) is 0 Å². The van der Waals surface area contributed by atoms with Crippen molar-refractivity contribution >= 4 is 0 Å². The quantitative estimate of drug-likeness (QED) is 0.365. The van der Waals surface area contributed by atoms with E-state index in [2.05, 4.69) is 18.8 Å². The number of unbranched alkanes of at least 4 members (excludes halogenated alkanes) is 4. The standard InChI is InChI=1S/C9H16O2/c1-2-3-4-5-6-7-8-9(10)11/h9-11H,2-6H2,1H3. The van der Waals surface area contributed by atoms with Crippen molar-refractivity contribution in [2.24, 2.45) is 0 Å². The third kappa shape index (κ3) is 9.48. The highest BCUT2D eigenvalue weighted by Gasteiger charge is 1.86. The topological polar surface area (TPSA) is 40.5 Å². The second-order valence-corrected chi connectivity index (χ2v) is 2.51. The van der Waals surface area contributed by atoms with Gasteiger partial charge in [-0.15, -0.1) is 0 Å². The van der Waals surface area contributed by atoms with Crippen LogP contribution in [0.1, 0.15) is 39.0 Å². The van der Waals surface area contributed by atoms with Crippen LogP contribution in [0, 0.1) is 11.8 Å². The second-order valence-electron chi connectivity index (χ2n) is 2.51. The smallest absolute Gasteiger partial charge is 0.217 e. The molecule has 0 rings (SSSR count). The molecule has 0 heterocycles. The molecule has 0 aromatic carbocycles. The van der Waals surface area contributed by atoms with Gasteiger partial charge in [-0.25, -0.2) is 0 Å². The molecule has 0 aliphatic carbocycles. The molecule has 0 bridgehead atoms. The molecule has 64 valence electrons. The SMILES string of the molecule is CCCCCCC#CC(O)O. The van der Waals surface area contributed by atoms with Gasteiger partial charge >= 0.3 is 0 Å². The summed E-state index contributed by atoms with van der Waals surface area (Å²) < 4.78 is 0. The number of rotatable bonds is 4. The van der Waals surface area contributed by atoms with E-state index >= 15 is 0 Å². The highest BCUT2D eigenvalue weighted by Crippen LogP contribution is 2.00. The van der Waals surface area contributed by atoms with Gasteiger partial charge in [-0.1, -0.05) is 32.1 Å². The van der Waals surface area contributed by atoms with E-state index in [1.54, 1.807) is 0 Å². The Labute approximate surface area is 68.2 Å². The van der Waals surface area contributed by atoms with Gasteiger partial charge in [0.2, 0.25) is 6.29 Å².